The van der Waals surface area contributed by atoms with Gasteiger partial charge in [0.2, 0.25) is 0 Å². The van der Waals surface area contributed by atoms with Gasteiger partial charge in [-0.05, 0) is 31.0 Å². The van der Waals surface area contributed by atoms with Gasteiger partial charge in [0, 0.05) is 12.2 Å². The number of hydrogen-bond donors (Lipinski definition) is 1. The van der Waals surface area contributed by atoms with Gasteiger partial charge < -0.3 is 5.32 Å². The summed E-state index contributed by atoms with van der Waals surface area (Å²) >= 11 is 0. The molecule has 4 heteroatoms. The summed E-state index contributed by atoms with van der Waals surface area (Å²) in [5.74, 6) is 0. The van der Waals surface area contributed by atoms with Crippen LogP contribution in [0.4, 0.5) is 8.78 Å². The molecule has 1 N–H and O–H groups in total. The molecule has 1 aliphatic heterocycles. The topological polar surface area (TPSA) is 24.9 Å². The molecule has 2 rings (SSSR count). The fraction of sp³-hybridized carbons (Fsp3) is 0.500. The van der Waals surface area contributed by atoms with Crippen LogP contribution < -0.4 is 5.32 Å². The lowest BCUT2D eigenvalue weighted by molar-refractivity contribution is 0.144. The van der Waals surface area contributed by atoms with Gasteiger partial charge in [-0.3, -0.25) is 4.98 Å². The van der Waals surface area contributed by atoms with Crippen molar-refractivity contribution >= 4 is 0 Å². The van der Waals surface area contributed by atoms with Gasteiger partial charge in [-0.25, -0.2) is 8.78 Å². The van der Waals surface area contributed by atoms with E-state index in [1.54, 1.807) is 12.1 Å². The van der Waals surface area contributed by atoms with Gasteiger partial charge >= 0.3 is 0 Å². The minimum atomic E-state index is -2.48. The normalized spacial score (nSPS) is 21.8. The summed E-state index contributed by atoms with van der Waals surface area (Å²) in [7, 11) is 0. The summed E-state index contributed by atoms with van der Waals surface area (Å²) in [6.07, 6.45) is 0.904. The van der Waals surface area contributed by atoms with E-state index in [1.165, 1.54) is 6.20 Å². The van der Waals surface area contributed by atoms with Crippen molar-refractivity contribution in [2.45, 2.75) is 25.3 Å². The third-order valence-electron chi connectivity index (χ3n) is 2.51. The number of alkyl halides is 2. The average molecular weight is 198 g/mol. The lowest BCUT2D eigenvalue weighted by atomic mass is 10.0. The fourth-order valence-corrected chi connectivity index (χ4v) is 1.86. The van der Waals surface area contributed by atoms with Gasteiger partial charge in [-0.15, -0.1) is 0 Å². The molecule has 0 saturated carbocycles. The Bertz CT molecular complexity index is 309. The summed E-state index contributed by atoms with van der Waals surface area (Å²) < 4.78 is 25.2. The molecule has 2 heterocycles. The van der Waals surface area contributed by atoms with E-state index in [4.69, 9.17) is 0 Å². The van der Waals surface area contributed by atoms with E-state index >= 15 is 0 Å². The SMILES string of the molecule is FC(F)c1ncccc1C1CCCN1. The van der Waals surface area contributed by atoms with E-state index in [1.807, 2.05) is 0 Å². The number of aromatic nitrogens is 1. The molecule has 1 atom stereocenters. The van der Waals surface area contributed by atoms with Gasteiger partial charge in [-0.2, -0.15) is 0 Å². The quantitative estimate of drug-likeness (QED) is 0.789. The number of nitrogens with one attached hydrogen (secondary N) is 1. The molecule has 0 amide bonds. The third-order valence-corrected chi connectivity index (χ3v) is 2.51. The van der Waals surface area contributed by atoms with Crippen LogP contribution in [0, 0.1) is 0 Å². The van der Waals surface area contributed by atoms with Crippen molar-refractivity contribution in [3.05, 3.63) is 29.6 Å². The van der Waals surface area contributed by atoms with Crippen LogP contribution in [0.25, 0.3) is 0 Å². The molecule has 1 aromatic heterocycles. The average Bonchev–Trinajstić information content (AvgIpc) is 2.70. The Morgan fingerprint density at radius 1 is 1.50 bits per heavy atom. The van der Waals surface area contributed by atoms with Gasteiger partial charge in [0.05, 0.1) is 0 Å². The maximum Gasteiger partial charge on any atom is 0.280 e. The zero-order valence-corrected chi connectivity index (χ0v) is 7.71. The molecule has 2 nitrogen and oxygen atoms in total. The predicted octanol–water partition coefficient (Wildman–Crippen LogP) is 2.44. The van der Waals surface area contributed by atoms with Crippen molar-refractivity contribution < 1.29 is 8.78 Å². The second-order valence-electron chi connectivity index (χ2n) is 3.43. The largest absolute Gasteiger partial charge is 0.310 e. The fourth-order valence-electron chi connectivity index (χ4n) is 1.86. The summed E-state index contributed by atoms with van der Waals surface area (Å²) in [6.45, 7) is 0.905. The van der Waals surface area contributed by atoms with Crippen LogP contribution in [0.3, 0.4) is 0 Å². The smallest absolute Gasteiger partial charge is 0.280 e. The van der Waals surface area contributed by atoms with Crippen LogP contribution in [-0.2, 0) is 0 Å². The molecule has 1 aliphatic rings. The molecule has 0 radical (unpaired) electrons. The molecule has 14 heavy (non-hydrogen) atoms. The van der Waals surface area contributed by atoms with Gasteiger partial charge in [0.15, 0.2) is 0 Å². The van der Waals surface area contributed by atoms with E-state index < -0.39 is 6.43 Å². The predicted molar refractivity (Wildman–Crippen MR) is 49.2 cm³/mol. The zero-order valence-electron chi connectivity index (χ0n) is 7.71. The van der Waals surface area contributed by atoms with E-state index in [2.05, 4.69) is 10.3 Å². The Balaban J connectivity index is 2.30. The zero-order chi connectivity index (χ0) is 9.97. The Morgan fingerprint density at radius 3 is 3.00 bits per heavy atom. The van der Waals surface area contributed by atoms with Crippen LogP contribution in [0.15, 0.2) is 18.3 Å². The molecule has 76 valence electrons. The summed E-state index contributed by atoms with van der Waals surface area (Å²) in [4.78, 5) is 3.73. The highest BCUT2D eigenvalue weighted by Gasteiger charge is 2.23. The standard InChI is InChI=1S/C10H12F2N2/c11-10(12)9-7(3-1-6-14-9)8-4-2-5-13-8/h1,3,6,8,10,13H,2,4-5H2. The minimum Gasteiger partial charge on any atom is -0.310 e. The number of pyridine rings is 1. The Kier molecular flexibility index (Phi) is 2.72. The first-order chi connectivity index (χ1) is 6.79. The number of halogens is 2. The summed E-state index contributed by atoms with van der Waals surface area (Å²) in [5, 5.41) is 3.19. The van der Waals surface area contributed by atoms with Crippen LogP contribution >= 0.6 is 0 Å². The van der Waals surface area contributed by atoms with Crippen molar-refractivity contribution in [3.63, 3.8) is 0 Å². The second kappa shape index (κ2) is 4.00. The number of rotatable bonds is 2. The van der Waals surface area contributed by atoms with Crippen molar-refractivity contribution in [2.75, 3.05) is 6.54 Å². The Hall–Kier alpha value is -1.03. The molecule has 1 saturated heterocycles. The van der Waals surface area contributed by atoms with Crippen LogP contribution in [0.2, 0.25) is 0 Å². The van der Waals surface area contributed by atoms with Gasteiger partial charge in [0.1, 0.15) is 5.69 Å². The minimum absolute atomic E-state index is 0.0627. The summed E-state index contributed by atoms with van der Waals surface area (Å²) in [6, 6.07) is 3.51. The maximum absolute atomic E-state index is 12.6. The Morgan fingerprint density at radius 2 is 2.36 bits per heavy atom. The first-order valence-corrected chi connectivity index (χ1v) is 4.75. The van der Waals surface area contributed by atoms with Crippen LogP contribution in [0.1, 0.15) is 36.6 Å². The highest BCUT2D eigenvalue weighted by atomic mass is 19.3. The van der Waals surface area contributed by atoms with E-state index in [0.717, 1.165) is 19.4 Å². The van der Waals surface area contributed by atoms with E-state index in [0.29, 0.717) is 5.56 Å². The Labute approximate surface area is 81.4 Å². The molecule has 1 aromatic rings. The molecular formula is C10H12F2N2. The van der Waals surface area contributed by atoms with Gasteiger partial charge in [-0.1, -0.05) is 6.07 Å². The van der Waals surface area contributed by atoms with Crippen molar-refractivity contribution in [1.29, 1.82) is 0 Å². The van der Waals surface area contributed by atoms with E-state index in [-0.39, 0.29) is 11.7 Å². The van der Waals surface area contributed by atoms with Crippen LogP contribution in [-0.4, -0.2) is 11.5 Å². The first kappa shape index (κ1) is 9.52. The first-order valence-electron chi connectivity index (χ1n) is 4.75. The molecule has 0 bridgehead atoms. The number of hydrogen-bond acceptors (Lipinski definition) is 2. The molecule has 0 spiro atoms. The monoisotopic (exact) mass is 198 g/mol. The third kappa shape index (κ3) is 1.75. The molecule has 0 aliphatic carbocycles. The molecule has 1 fully saturated rings. The molecular weight excluding hydrogens is 186 g/mol. The lowest BCUT2D eigenvalue weighted by Gasteiger charge is -2.13. The molecule has 0 aromatic carbocycles. The highest BCUT2D eigenvalue weighted by molar-refractivity contribution is 5.25. The number of nitrogens with zero attached hydrogens (tertiary/aromatic N) is 1. The summed E-state index contributed by atoms with van der Waals surface area (Å²) in [5.41, 5.74) is 0.576. The maximum atomic E-state index is 12.6. The van der Waals surface area contributed by atoms with E-state index in [9.17, 15) is 8.78 Å². The lowest BCUT2D eigenvalue weighted by Crippen LogP contribution is -2.15. The van der Waals surface area contributed by atoms with Crippen molar-refractivity contribution in [1.82, 2.24) is 10.3 Å². The van der Waals surface area contributed by atoms with Crippen molar-refractivity contribution in [3.8, 4) is 0 Å². The van der Waals surface area contributed by atoms with Gasteiger partial charge in [0.25, 0.3) is 6.43 Å². The van der Waals surface area contributed by atoms with Crippen molar-refractivity contribution in [2.24, 2.45) is 0 Å². The highest BCUT2D eigenvalue weighted by Crippen LogP contribution is 2.29. The molecule has 1 unspecified atom stereocenters. The van der Waals surface area contributed by atoms with Crippen LogP contribution in [0.5, 0.6) is 0 Å². The second-order valence-corrected chi connectivity index (χ2v) is 3.43.